The Balaban J connectivity index is 1.72. The minimum absolute atomic E-state index is 0.0219. The molecule has 0 heterocycles. The quantitative estimate of drug-likeness (QED) is 0.569. The van der Waals surface area contributed by atoms with Crippen molar-refractivity contribution in [3.63, 3.8) is 0 Å². The van der Waals surface area contributed by atoms with Crippen LogP contribution in [0.2, 0.25) is 0 Å². The second kappa shape index (κ2) is 7.89. The van der Waals surface area contributed by atoms with Gasteiger partial charge in [0.25, 0.3) is 0 Å². The molecule has 1 radical (unpaired) electrons. The molecule has 3 nitrogen and oxygen atoms in total. The highest BCUT2D eigenvalue weighted by atomic mass is 16.3. The van der Waals surface area contributed by atoms with Gasteiger partial charge in [-0.05, 0) is 69.3 Å². The molecule has 3 aromatic carbocycles. The molecule has 0 bridgehead atoms. The van der Waals surface area contributed by atoms with Gasteiger partial charge in [-0.25, -0.2) is 0 Å². The van der Waals surface area contributed by atoms with Gasteiger partial charge in [0.2, 0.25) is 0 Å². The van der Waals surface area contributed by atoms with Crippen LogP contribution >= 0.6 is 0 Å². The standard InChI is InChI=1S/C28H31O3/c1-27(2)12-13-28(3,4)25-16-21(9-11-24(25)27)26(31)20-8-10-23-18(14-20)6-5-7-19(23)15-22(30)17-29/h5-6,8-11,14,16,22,29-30H,12-13,15,17H2,1-4H3. The van der Waals surface area contributed by atoms with E-state index >= 15 is 0 Å². The zero-order chi connectivity index (χ0) is 22.4. The van der Waals surface area contributed by atoms with Crippen molar-refractivity contribution in [1.82, 2.24) is 0 Å². The van der Waals surface area contributed by atoms with Gasteiger partial charge in [-0.15, -0.1) is 0 Å². The molecule has 0 aromatic heterocycles. The summed E-state index contributed by atoms with van der Waals surface area (Å²) in [6.07, 6.45) is 1.78. The number of benzene rings is 3. The molecular formula is C28H31O3. The van der Waals surface area contributed by atoms with Crippen LogP contribution < -0.4 is 0 Å². The summed E-state index contributed by atoms with van der Waals surface area (Å²) in [6, 6.07) is 18.8. The van der Waals surface area contributed by atoms with Crippen molar-refractivity contribution in [1.29, 1.82) is 0 Å². The first-order valence-corrected chi connectivity index (χ1v) is 11.0. The second-order valence-electron chi connectivity index (χ2n) is 10.2. The van der Waals surface area contributed by atoms with E-state index in [0.717, 1.165) is 34.7 Å². The number of hydrogen-bond acceptors (Lipinski definition) is 3. The van der Waals surface area contributed by atoms with Crippen LogP contribution in [0, 0.1) is 6.07 Å². The Kier molecular flexibility index (Phi) is 5.53. The van der Waals surface area contributed by atoms with Gasteiger partial charge in [0.05, 0.1) is 12.7 Å². The number of aliphatic hydroxyl groups is 2. The Labute approximate surface area is 184 Å². The van der Waals surface area contributed by atoms with E-state index in [9.17, 15) is 9.90 Å². The van der Waals surface area contributed by atoms with E-state index in [1.165, 1.54) is 11.1 Å². The SMILES string of the molecule is CC1(C)CCC(C)(C)c2cc(C(=O)c3ccc4c(CC(O)CO)[c]ccc4c3)ccc21. The predicted molar refractivity (Wildman–Crippen MR) is 125 cm³/mol. The number of rotatable bonds is 5. The monoisotopic (exact) mass is 415 g/mol. The van der Waals surface area contributed by atoms with Gasteiger partial charge in [0.1, 0.15) is 0 Å². The third kappa shape index (κ3) is 4.05. The molecule has 3 heteroatoms. The van der Waals surface area contributed by atoms with Crippen molar-refractivity contribution in [3.8, 4) is 0 Å². The predicted octanol–water partition coefficient (Wildman–Crippen LogP) is 5.12. The van der Waals surface area contributed by atoms with Gasteiger partial charge in [0.15, 0.2) is 5.78 Å². The molecule has 0 spiro atoms. The van der Waals surface area contributed by atoms with Gasteiger partial charge in [-0.3, -0.25) is 4.79 Å². The fourth-order valence-corrected chi connectivity index (χ4v) is 4.79. The van der Waals surface area contributed by atoms with Crippen molar-refractivity contribution >= 4 is 16.6 Å². The third-order valence-electron chi connectivity index (χ3n) is 6.92. The zero-order valence-corrected chi connectivity index (χ0v) is 18.8. The molecule has 0 saturated heterocycles. The number of carbonyl (C=O) groups excluding carboxylic acids is 1. The van der Waals surface area contributed by atoms with E-state index < -0.39 is 6.10 Å². The fourth-order valence-electron chi connectivity index (χ4n) is 4.79. The lowest BCUT2D eigenvalue weighted by Crippen LogP contribution is -2.34. The summed E-state index contributed by atoms with van der Waals surface area (Å²) in [6.45, 7) is 8.82. The highest BCUT2D eigenvalue weighted by molar-refractivity contribution is 6.11. The summed E-state index contributed by atoms with van der Waals surface area (Å²) in [5.41, 5.74) is 5.04. The van der Waals surface area contributed by atoms with E-state index in [2.05, 4.69) is 45.9 Å². The van der Waals surface area contributed by atoms with E-state index in [-0.39, 0.29) is 23.2 Å². The molecule has 1 aliphatic carbocycles. The van der Waals surface area contributed by atoms with Crippen molar-refractivity contribution in [2.24, 2.45) is 0 Å². The largest absolute Gasteiger partial charge is 0.394 e. The lowest BCUT2D eigenvalue weighted by molar-refractivity contribution is 0.0957. The topological polar surface area (TPSA) is 57.5 Å². The van der Waals surface area contributed by atoms with Crippen LogP contribution in [0.3, 0.4) is 0 Å². The molecule has 1 aliphatic rings. The maximum absolute atomic E-state index is 13.4. The minimum atomic E-state index is -0.814. The number of fused-ring (bicyclic) bond motifs is 2. The normalized spacial score (nSPS) is 17.9. The summed E-state index contributed by atoms with van der Waals surface area (Å²) in [4.78, 5) is 13.4. The maximum Gasteiger partial charge on any atom is 0.193 e. The molecule has 1 atom stereocenters. The number of ketones is 1. The molecule has 0 amide bonds. The Bertz CT molecular complexity index is 1140. The summed E-state index contributed by atoms with van der Waals surface area (Å²) in [5.74, 6) is 0.0219. The maximum atomic E-state index is 13.4. The highest BCUT2D eigenvalue weighted by Gasteiger charge is 2.37. The highest BCUT2D eigenvalue weighted by Crippen LogP contribution is 2.46. The van der Waals surface area contributed by atoms with E-state index in [4.69, 9.17) is 5.11 Å². The summed E-state index contributed by atoms with van der Waals surface area (Å²) in [7, 11) is 0. The lowest BCUT2D eigenvalue weighted by atomic mass is 9.63. The Morgan fingerprint density at radius 1 is 0.968 bits per heavy atom. The number of carbonyl (C=O) groups is 1. The van der Waals surface area contributed by atoms with Gasteiger partial charge in [-0.1, -0.05) is 64.1 Å². The second-order valence-corrected chi connectivity index (χ2v) is 10.2. The Hall–Kier alpha value is -2.49. The molecular weight excluding hydrogens is 384 g/mol. The molecule has 0 saturated carbocycles. The lowest BCUT2D eigenvalue weighted by Gasteiger charge is -2.42. The van der Waals surface area contributed by atoms with Crippen molar-refractivity contribution < 1.29 is 15.0 Å². The molecule has 2 N–H and O–H groups in total. The van der Waals surface area contributed by atoms with Crippen LogP contribution in [0.15, 0.2) is 48.5 Å². The average molecular weight is 416 g/mol. The average Bonchev–Trinajstić information content (AvgIpc) is 2.76. The zero-order valence-electron chi connectivity index (χ0n) is 18.8. The summed E-state index contributed by atoms with van der Waals surface area (Å²) < 4.78 is 0. The van der Waals surface area contributed by atoms with E-state index in [1.54, 1.807) is 6.07 Å². The number of hydrogen-bond donors (Lipinski definition) is 2. The summed E-state index contributed by atoms with van der Waals surface area (Å²) >= 11 is 0. The van der Waals surface area contributed by atoms with Crippen LogP contribution in [0.4, 0.5) is 0 Å². The van der Waals surface area contributed by atoms with E-state index in [1.807, 2.05) is 30.3 Å². The fraction of sp³-hybridized carbons (Fsp3) is 0.393. The van der Waals surface area contributed by atoms with Crippen molar-refractivity contribution in [2.45, 2.75) is 63.9 Å². The van der Waals surface area contributed by atoms with Gasteiger partial charge < -0.3 is 10.2 Å². The molecule has 4 rings (SSSR count). The first-order valence-electron chi connectivity index (χ1n) is 11.0. The minimum Gasteiger partial charge on any atom is -0.394 e. The summed E-state index contributed by atoms with van der Waals surface area (Å²) in [5, 5.41) is 20.8. The molecule has 161 valence electrons. The van der Waals surface area contributed by atoms with Gasteiger partial charge >= 0.3 is 0 Å². The van der Waals surface area contributed by atoms with E-state index in [0.29, 0.717) is 12.0 Å². The Morgan fingerprint density at radius 3 is 2.32 bits per heavy atom. The van der Waals surface area contributed by atoms with Crippen LogP contribution in [-0.4, -0.2) is 28.7 Å². The molecule has 3 aromatic rings. The molecule has 31 heavy (non-hydrogen) atoms. The molecule has 1 unspecified atom stereocenters. The molecule has 0 aliphatic heterocycles. The first-order chi connectivity index (χ1) is 14.6. The van der Waals surface area contributed by atoms with Crippen LogP contribution in [-0.2, 0) is 17.3 Å². The van der Waals surface area contributed by atoms with Crippen LogP contribution in [0.25, 0.3) is 10.8 Å². The third-order valence-corrected chi connectivity index (χ3v) is 6.92. The van der Waals surface area contributed by atoms with Gasteiger partial charge in [-0.2, -0.15) is 0 Å². The first kappa shape index (κ1) is 21.7. The molecule has 0 fully saturated rings. The van der Waals surface area contributed by atoms with Crippen LogP contribution in [0.1, 0.15) is 73.1 Å². The van der Waals surface area contributed by atoms with Crippen molar-refractivity contribution in [2.75, 3.05) is 6.61 Å². The van der Waals surface area contributed by atoms with Crippen LogP contribution in [0.5, 0.6) is 0 Å². The van der Waals surface area contributed by atoms with Gasteiger partial charge in [0, 0.05) is 17.5 Å². The Morgan fingerprint density at radius 2 is 1.61 bits per heavy atom. The van der Waals surface area contributed by atoms with Crippen molar-refractivity contribution in [3.05, 3.63) is 82.4 Å². The number of aliphatic hydroxyl groups excluding tert-OH is 2. The smallest absolute Gasteiger partial charge is 0.193 e.